The molecule has 7 nitrogen and oxygen atoms in total. The van der Waals surface area contributed by atoms with Crippen molar-refractivity contribution < 1.29 is 17.9 Å². The maximum absolute atomic E-state index is 12.7. The molecule has 31 heavy (non-hydrogen) atoms. The molecule has 0 fully saturated rings. The summed E-state index contributed by atoms with van der Waals surface area (Å²) < 4.78 is 44.0. The Morgan fingerprint density at radius 1 is 1.00 bits per heavy atom. The number of guanidine groups is 1. The predicted octanol–water partition coefficient (Wildman–Crippen LogP) is 3.46. The van der Waals surface area contributed by atoms with E-state index in [4.69, 9.17) is 0 Å². The van der Waals surface area contributed by atoms with Gasteiger partial charge in [-0.2, -0.15) is 0 Å². The number of nitrogens with zero attached hydrogens (tertiary/aromatic N) is 4. The molecular formula is C21H23F3N6O. The molecule has 0 atom stereocenters. The van der Waals surface area contributed by atoms with Gasteiger partial charge in [0.15, 0.2) is 11.8 Å². The van der Waals surface area contributed by atoms with Crippen molar-refractivity contribution in [2.45, 2.75) is 32.9 Å². The maximum Gasteiger partial charge on any atom is 0.573 e. The molecule has 0 aliphatic rings. The van der Waals surface area contributed by atoms with Crippen molar-refractivity contribution in [2.24, 2.45) is 12.0 Å². The molecule has 0 amide bonds. The molecule has 0 aliphatic heterocycles. The van der Waals surface area contributed by atoms with Crippen molar-refractivity contribution in [1.29, 1.82) is 0 Å². The second-order valence-corrected chi connectivity index (χ2v) is 6.74. The van der Waals surface area contributed by atoms with Gasteiger partial charge in [0.25, 0.3) is 0 Å². The van der Waals surface area contributed by atoms with E-state index >= 15 is 0 Å². The van der Waals surface area contributed by atoms with E-state index in [9.17, 15) is 13.2 Å². The fraction of sp³-hybridized carbons (Fsp3) is 0.286. The molecule has 0 saturated heterocycles. The second-order valence-electron chi connectivity index (χ2n) is 6.74. The summed E-state index contributed by atoms with van der Waals surface area (Å²) >= 11 is 0. The van der Waals surface area contributed by atoms with Crippen LogP contribution in [0.4, 0.5) is 13.2 Å². The molecular weight excluding hydrogens is 409 g/mol. The highest BCUT2D eigenvalue weighted by atomic mass is 19.4. The number of hydrogen-bond acceptors (Lipinski definition) is 4. The number of aliphatic imine (C=N–C) groups is 1. The van der Waals surface area contributed by atoms with E-state index < -0.39 is 6.36 Å². The Morgan fingerprint density at radius 2 is 1.68 bits per heavy atom. The van der Waals surface area contributed by atoms with E-state index in [1.807, 2.05) is 48.9 Å². The van der Waals surface area contributed by atoms with Crippen LogP contribution in [-0.4, -0.2) is 27.1 Å². The number of aryl methyl sites for hydroxylation is 1. The van der Waals surface area contributed by atoms with Crippen LogP contribution in [0.3, 0.4) is 0 Å². The third-order valence-electron chi connectivity index (χ3n) is 4.50. The number of benzene rings is 2. The van der Waals surface area contributed by atoms with Gasteiger partial charge in [-0.05, 0) is 18.6 Å². The average molecular weight is 432 g/mol. The number of para-hydroxylation sites is 1. The van der Waals surface area contributed by atoms with Crippen LogP contribution < -0.4 is 15.4 Å². The molecule has 3 rings (SSSR count). The Labute approximate surface area is 178 Å². The summed E-state index contributed by atoms with van der Waals surface area (Å²) in [6.45, 7) is 2.68. The summed E-state index contributed by atoms with van der Waals surface area (Å²) in [4.78, 5) is 4.54. The van der Waals surface area contributed by atoms with Crippen LogP contribution >= 0.6 is 0 Å². The van der Waals surface area contributed by atoms with E-state index in [2.05, 4.69) is 30.6 Å². The molecule has 0 bridgehead atoms. The molecule has 0 aliphatic carbocycles. The van der Waals surface area contributed by atoms with E-state index in [1.165, 1.54) is 12.1 Å². The standard InChI is InChI=1S/C21H23F3N6O/c1-15-28-29-19(30(15)2)14-27-20(25-12-16-8-4-3-5-9-16)26-13-17-10-6-7-11-18(17)31-21(22,23)24/h3-11H,12-14H2,1-2H3,(H2,25,26,27). The van der Waals surface area contributed by atoms with Crippen molar-refractivity contribution in [1.82, 2.24) is 25.4 Å². The Kier molecular flexibility index (Phi) is 7.11. The minimum atomic E-state index is -4.76. The first-order valence-corrected chi connectivity index (χ1v) is 9.56. The van der Waals surface area contributed by atoms with Crippen LogP contribution in [-0.2, 0) is 26.7 Å². The van der Waals surface area contributed by atoms with E-state index in [0.717, 1.165) is 11.4 Å². The van der Waals surface area contributed by atoms with Gasteiger partial charge in [-0.15, -0.1) is 23.4 Å². The third-order valence-corrected chi connectivity index (χ3v) is 4.50. The molecule has 0 unspecified atom stereocenters. The van der Waals surface area contributed by atoms with Crippen LogP contribution in [0.5, 0.6) is 5.75 Å². The van der Waals surface area contributed by atoms with Gasteiger partial charge in [0.05, 0.1) is 13.1 Å². The van der Waals surface area contributed by atoms with E-state index in [-0.39, 0.29) is 12.3 Å². The van der Waals surface area contributed by atoms with Gasteiger partial charge in [0.2, 0.25) is 0 Å². The molecule has 164 valence electrons. The van der Waals surface area contributed by atoms with Crippen LogP contribution in [0.25, 0.3) is 0 Å². The van der Waals surface area contributed by atoms with Crippen molar-refractivity contribution >= 4 is 5.96 Å². The third kappa shape index (κ3) is 6.73. The lowest BCUT2D eigenvalue weighted by Gasteiger charge is -2.16. The summed E-state index contributed by atoms with van der Waals surface area (Å²) in [5.41, 5.74) is 1.35. The average Bonchev–Trinajstić information content (AvgIpc) is 3.06. The van der Waals surface area contributed by atoms with Crippen molar-refractivity contribution in [2.75, 3.05) is 0 Å². The van der Waals surface area contributed by atoms with Crippen LogP contribution in [0.1, 0.15) is 22.8 Å². The summed E-state index contributed by atoms with van der Waals surface area (Å²) in [6, 6.07) is 15.6. The second kappa shape index (κ2) is 9.96. The van der Waals surface area contributed by atoms with Gasteiger partial charge < -0.3 is 19.9 Å². The highest BCUT2D eigenvalue weighted by Gasteiger charge is 2.31. The number of rotatable bonds is 7. The first-order chi connectivity index (χ1) is 14.8. The molecule has 10 heteroatoms. The fourth-order valence-corrected chi connectivity index (χ4v) is 2.75. The number of alkyl halides is 3. The topological polar surface area (TPSA) is 76.4 Å². The Morgan fingerprint density at radius 3 is 2.35 bits per heavy atom. The lowest BCUT2D eigenvalue weighted by atomic mass is 10.2. The number of nitrogens with one attached hydrogen (secondary N) is 2. The summed E-state index contributed by atoms with van der Waals surface area (Å²) in [5.74, 6) is 1.64. The smallest absolute Gasteiger partial charge is 0.405 e. The molecule has 2 N–H and O–H groups in total. The summed E-state index contributed by atoms with van der Waals surface area (Å²) in [7, 11) is 1.85. The molecule has 0 radical (unpaired) electrons. The summed E-state index contributed by atoms with van der Waals surface area (Å²) in [5, 5.41) is 14.3. The zero-order valence-corrected chi connectivity index (χ0v) is 17.1. The van der Waals surface area contributed by atoms with Gasteiger partial charge in [-0.1, -0.05) is 48.5 Å². The van der Waals surface area contributed by atoms with Crippen LogP contribution in [0.2, 0.25) is 0 Å². The van der Waals surface area contributed by atoms with Crippen LogP contribution in [0.15, 0.2) is 59.6 Å². The zero-order chi connectivity index (χ0) is 22.3. The maximum atomic E-state index is 12.7. The Hall–Kier alpha value is -3.56. The molecule has 2 aromatic carbocycles. The largest absolute Gasteiger partial charge is 0.573 e. The van der Waals surface area contributed by atoms with Crippen molar-refractivity contribution in [3.63, 3.8) is 0 Å². The fourth-order valence-electron chi connectivity index (χ4n) is 2.75. The predicted molar refractivity (Wildman–Crippen MR) is 110 cm³/mol. The zero-order valence-electron chi connectivity index (χ0n) is 17.1. The SMILES string of the molecule is Cc1nnc(CNC(=NCc2ccccc2)NCc2ccccc2OC(F)(F)F)n1C. The van der Waals surface area contributed by atoms with Gasteiger partial charge >= 0.3 is 6.36 Å². The molecule has 1 aromatic heterocycles. The lowest BCUT2D eigenvalue weighted by molar-refractivity contribution is -0.274. The Bertz CT molecular complexity index is 1020. The number of aromatic nitrogens is 3. The van der Waals surface area contributed by atoms with Gasteiger partial charge in [-0.3, -0.25) is 0 Å². The van der Waals surface area contributed by atoms with Crippen LogP contribution in [0, 0.1) is 6.92 Å². The number of hydrogen-bond donors (Lipinski definition) is 2. The number of halogens is 3. The highest BCUT2D eigenvalue weighted by molar-refractivity contribution is 5.79. The first kappa shape index (κ1) is 22.1. The summed E-state index contributed by atoms with van der Waals surface area (Å²) in [6.07, 6.45) is -4.76. The van der Waals surface area contributed by atoms with Gasteiger partial charge in [-0.25, -0.2) is 4.99 Å². The normalized spacial score (nSPS) is 12.0. The van der Waals surface area contributed by atoms with Crippen molar-refractivity contribution in [3.8, 4) is 5.75 Å². The minimum absolute atomic E-state index is 0.0880. The van der Waals surface area contributed by atoms with Crippen molar-refractivity contribution in [3.05, 3.63) is 77.4 Å². The van der Waals surface area contributed by atoms with E-state index in [0.29, 0.717) is 30.4 Å². The highest BCUT2D eigenvalue weighted by Crippen LogP contribution is 2.26. The quantitative estimate of drug-likeness (QED) is 0.442. The number of ether oxygens (including phenoxy) is 1. The molecule has 0 spiro atoms. The van der Waals surface area contributed by atoms with Gasteiger partial charge in [0, 0.05) is 19.2 Å². The Balaban J connectivity index is 1.72. The molecule has 1 heterocycles. The monoisotopic (exact) mass is 432 g/mol. The molecule has 0 saturated carbocycles. The van der Waals surface area contributed by atoms with Gasteiger partial charge in [0.1, 0.15) is 11.6 Å². The molecule has 3 aromatic rings. The minimum Gasteiger partial charge on any atom is -0.405 e. The van der Waals surface area contributed by atoms with E-state index in [1.54, 1.807) is 12.1 Å². The first-order valence-electron chi connectivity index (χ1n) is 9.56. The lowest BCUT2D eigenvalue weighted by Crippen LogP contribution is -2.37.